The molecule has 0 aliphatic carbocycles. The summed E-state index contributed by atoms with van der Waals surface area (Å²) in [6.07, 6.45) is -3.24. The number of hydrogen-bond donors (Lipinski definition) is 1. The van der Waals surface area contributed by atoms with Crippen molar-refractivity contribution < 1.29 is 17.9 Å². The zero-order valence-corrected chi connectivity index (χ0v) is 10.2. The molecule has 0 fully saturated rings. The van der Waals surface area contributed by atoms with E-state index in [0.717, 1.165) is 0 Å². The second-order valence-corrected chi connectivity index (χ2v) is 4.12. The van der Waals surface area contributed by atoms with Crippen LogP contribution in [0.1, 0.15) is 5.56 Å². The molecule has 0 saturated carbocycles. The van der Waals surface area contributed by atoms with E-state index in [4.69, 9.17) is 5.73 Å². The number of pyridine rings is 1. The number of rotatable bonds is 3. The molecule has 0 unspecified atom stereocenters. The van der Waals surface area contributed by atoms with Gasteiger partial charge in [-0.1, -0.05) is 12.1 Å². The molecule has 0 saturated heterocycles. The Morgan fingerprint density at radius 3 is 2.35 bits per heavy atom. The van der Waals surface area contributed by atoms with Gasteiger partial charge in [-0.3, -0.25) is 4.79 Å². The fraction of sp³-hybridized carbons (Fsp3) is 0.154. The summed E-state index contributed by atoms with van der Waals surface area (Å²) in [5.74, 6) is -0.304. The van der Waals surface area contributed by atoms with Crippen LogP contribution in [0.4, 0.5) is 18.9 Å². The van der Waals surface area contributed by atoms with E-state index >= 15 is 0 Å². The van der Waals surface area contributed by atoms with Crippen LogP contribution in [0.3, 0.4) is 0 Å². The minimum absolute atomic E-state index is 0.218. The number of nitrogens with two attached hydrogens (primary N) is 1. The number of halogens is 3. The highest BCUT2D eigenvalue weighted by atomic mass is 19.4. The average molecular weight is 284 g/mol. The van der Waals surface area contributed by atoms with E-state index in [9.17, 15) is 18.0 Å². The Balaban J connectivity index is 2.15. The van der Waals surface area contributed by atoms with E-state index in [1.54, 1.807) is 0 Å². The van der Waals surface area contributed by atoms with E-state index < -0.39 is 6.36 Å². The van der Waals surface area contributed by atoms with Gasteiger partial charge in [0.2, 0.25) is 0 Å². The highest BCUT2D eigenvalue weighted by Gasteiger charge is 2.30. The van der Waals surface area contributed by atoms with Crippen molar-refractivity contribution in [2.24, 2.45) is 0 Å². The highest BCUT2D eigenvalue weighted by Crippen LogP contribution is 2.22. The van der Waals surface area contributed by atoms with Gasteiger partial charge in [0, 0.05) is 18.0 Å². The Morgan fingerprint density at radius 2 is 1.75 bits per heavy atom. The standard InChI is InChI=1S/C13H11F3N2O2/c14-13(15,16)20-11-4-1-9(2-5-11)7-18-8-10(17)3-6-12(18)19/h1-6,8H,7,17H2. The first-order valence-electron chi connectivity index (χ1n) is 5.64. The van der Waals surface area contributed by atoms with Gasteiger partial charge in [0.15, 0.2) is 0 Å². The van der Waals surface area contributed by atoms with Gasteiger partial charge in [-0.05, 0) is 23.8 Å². The van der Waals surface area contributed by atoms with Crippen LogP contribution in [0, 0.1) is 0 Å². The molecule has 0 aliphatic heterocycles. The molecule has 106 valence electrons. The monoisotopic (exact) mass is 284 g/mol. The van der Waals surface area contributed by atoms with Gasteiger partial charge in [0.1, 0.15) is 5.75 Å². The van der Waals surface area contributed by atoms with Crippen LogP contribution < -0.4 is 16.0 Å². The zero-order chi connectivity index (χ0) is 14.8. The van der Waals surface area contributed by atoms with Crippen LogP contribution in [0.2, 0.25) is 0 Å². The number of benzene rings is 1. The minimum Gasteiger partial charge on any atom is -0.406 e. The largest absolute Gasteiger partial charge is 0.573 e. The molecule has 1 aromatic carbocycles. The maximum atomic E-state index is 12.0. The summed E-state index contributed by atoms with van der Waals surface area (Å²) in [6.45, 7) is 0.218. The van der Waals surface area contributed by atoms with Gasteiger partial charge in [-0.25, -0.2) is 0 Å². The summed E-state index contributed by atoms with van der Waals surface area (Å²) >= 11 is 0. The summed E-state index contributed by atoms with van der Waals surface area (Å²) in [6, 6.07) is 8.11. The lowest BCUT2D eigenvalue weighted by Gasteiger charge is -2.10. The second-order valence-electron chi connectivity index (χ2n) is 4.12. The quantitative estimate of drug-likeness (QED) is 0.941. The first kappa shape index (κ1) is 14.0. The zero-order valence-electron chi connectivity index (χ0n) is 10.2. The van der Waals surface area contributed by atoms with Crippen molar-refractivity contribution in [2.45, 2.75) is 12.9 Å². The third-order valence-electron chi connectivity index (χ3n) is 2.52. The van der Waals surface area contributed by atoms with Gasteiger partial charge >= 0.3 is 6.36 Å². The summed E-state index contributed by atoms with van der Waals surface area (Å²) in [7, 11) is 0. The van der Waals surface area contributed by atoms with Gasteiger partial charge in [0.05, 0.1) is 6.54 Å². The number of nitrogen functional groups attached to an aromatic ring is 1. The predicted molar refractivity (Wildman–Crippen MR) is 67.3 cm³/mol. The molecule has 0 radical (unpaired) electrons. The molecular formula is C13H11F3N2O2. The maximum Gasteiger partial charge on any atom is 0.573 e. The Labute approximate surface area is 112 Å². The Bertz CT molecular complexity index is 648. The summed E-state index contributed by atoms with van der Waals surface area (Å²) in [4.78, 5) is 11.6. The summed E-state index contributed by atoms with van der Waals surface area (Å²) in [5.41, 5.74) is 6.42. The van der Waals surface area contributed by atoms with Crippen molar-refractivity contribution in [3.8, 4) is 5.75 Å². The Morgan fingerprint density at radius 1 is 1.10 bits per heavy atom. The van der Waals surface area contributed by atoms with E-state index in [1.165, 1.54) is 47.2 Å². The molecular weight excluding hydrogens is 273 g/mol. The van der Waals surface area contributed by atoms with Gasteiger partial charge in [0.25, 0.3) is 5.56 Å². The van der Waals surface area contributed by atoms with Crippen LogP contribution in [-0.2, 0) is 6.54 Å². The fourth-order valence-electron chi connectivity index (χ4n) is 1.67. The van der Waals surface area contributed by atoms with Crippen molar-refractivity contribution in [1.29, 1.82) is 0 Å². The molecule has 4 nitrogen and oxygen atoms in total. The number of anilines is 1. The molecule has 2 N–H and O–H groups in total. The molecule has 2 rings (SSSR count). The van der Waals surface area contributed by atoms with E-state index in [-0.39, 0.29) is 17.9 Å². The van der Waals surface area contributed by atoms with Crippen molar-refractivity contribution >= 4 is 5.69 Å². The molecule has 0 atom stereocenters. The molecule has 0 aliphatic rings. The molecule has 0 bridgehead atoms. The van der Waals surface area contributed by atoms with Crippen molar-refractivity contribution in [3.63, 3.8) is 0 Å². The lowest BCUT2D eigenvalue weighted by Crippen LogP contribution is -2.19. The third-order valence-corrected chi connectivity index (χ3v) is 2.52. The van der Waals surface area contributed by atoms with Gasteiger partial charge in [-0.2, -0.15) is 0 Å². The van der Waals surface area contributed by atoms with E-state index in [1.807, 2.05) is 0 Å². The van der Waals surface area contributed by atoms with E-state index in [0.29, 0.717) is 11.3 Å². The first-order valence-corrected chi connectivity index (χ1v) is 5.64. The Hall–Kier alpha value is -2.44. The molecule has 1 heterocycles. The summed E-state index contributed by atoms with van der Waals surface area (Å²) in [5, 5.41) is 0. The molecule has 2 aromatic rings. The number of hydrogen-bond acceptors (Lipinski definition) is 3. The van der Waals surface area contributed by atoms with Crippen LogP contribution in [-0.4, -0.2) is 10.9 Å². The molecule has 20 heavy (non-hydrogen) atoms. The van der Waals surface area contributed by atoms with Crippen LogP contribution >= 0.6 is 0 Å². The number of nitrogens with zero attached hydrogens (tertiary/aromatic N) is 1. The van der Waals surface area contributed by atoms with Crippen LogP contribution in [0.25, 0.3) is 0 Å². The van der Waals surface area contributed by atoms with Crippen molar-refractivity contribution in [2.75, 3.05) is 5.73 Å². The normalized spacial score (nSPS) is 11.3. The van der Waals surface area contributed by atoms with Crippen molar-refractivity contribution in [3.05, 3.63) is 58.5 Å². The molecule has 7 heteroatoms. The number of aromatic nitrogens is 1. The summed E-state index contributed by atoms with van der Waals surface area (Å²) < 4.78 is 41.1. The average Bonchev–Trinajstić information content (AvgIpc) is 2.34. The SMILES string of the molecule is Nc1ccc(=O)n(Cc2ccc(OC(F)(F)F)cc2)c1. The Kier molecular flexibility index (Phi) is 3.69. The molecule has 0 spiro atoms. The minimum atomic E-state index is -4.72. The molecule has 1 aromatic heterocycles. The highest BCUT2D eigenvalue weighted by molar-refractivity contribution is 5.34. The number of ether oxygens (including phenoxy) is 1. The topological polar surface area (TPSA) is 57.2 Å². The van der Waals surface area contributed by atoms with Gasteiger partial charge < -0.3 is 15.0 Å². The smallest absolute Gasteiger partial charge is 0.406 e. The fourth-order valence-corrected chi connectivity index (χ4v) is 1.67. The first-order chi connectivity index (χ1) is 9.33. The maximum absolute atomic E-state index is 12.0. The molecule has 0 amide bonds. The van der Waals surface area contributed by atoms with Crippen LogP contribution in [0.5, 0.6) is 5.75 Å². The third kappa shape index (κ3) is 3.78. The number of alkyl halides is 3. The van der Waals surface area contributed by atoms with Crippen LogP contribution in [0.15, 0.2) is 47.4 Å². The van der Waals surface area contributed by atoms with Gasteiger partial charge in [-0.15, -0.1) is 13.2 Å². The predicted octanol–water partition coefficient (Wildman–Crippen LogP) is 2.38. The lowest BCUT2D eigenvalue weighted by molar-refractivity contribution is -0.274. The second kappa shape index (κ2) is 5.28. The lowest BCUT2D eigenvalue weighted by atomic mass is 10.2. The van der Waals surface area contributed by atoms with Crippen molar-refractivity contribution in [1.82, 2.24) is 4.57 Å². The van der Waals surface area contributed by atoms with E-state index in [2.05, 4.69) is 4.74 Å².